The van der Waals surface area contributed by atoms with Gasteiger partial charge in [0.15, 0.2) is 0 Å². The van der Waals surface area contributed by atoms with Gasteiger partial charge < -0.3 is 10.6 Å². The molecule has 0 spiro atoms. The molecule has 2 N–H and O–H groups in total. The van der Waals surface area contributed by atoms with Crippen LogP contribution in [-0.2, 0) is 0 Å². The van der Waals surface area contributed by atoms with Crippen LogP contribution in [0.15, 0.2) is 12.1 Å². The minimum Gasteiger partial charge on any atom is -0.367 e. The third kappa shape index (κ3) is 5.07. The van der Waals surface area contributed by atoms with E-state index in [-0.39, 0.29) is 0 Å². The molecule has 4 heteroatoms. The summed E-state index contributed by atoms with van der Waals surface area (Å²) in [5.41, 5.74) is 0.945. The number of hydrogen-bond donors (Lipinski definition) is 2. The summed E-state index contributed by atoms with van der Waals surface area (Å²) < 4.78 is 0. The summed E-state index contributed by atoms with van der Waals surface area (Å²) in [6.07, 6.45) is 2.45. The lowest BCUT2D eigenvalue weighted by Gasteiger charge is -2.12. The van der Waals surface area contributed by atoms with Crippen LogP contribution in [0.3, 0.4) is 0 Å². The summed E-state index contributed by atoms with van der Waals surface area (Å²) in [5.74, 6) is 0.843. The van der Waals surface area contributed by atoms with Crippen LogP contribution in [0.2, 0.25) is 0 Å². The summed E-state index contributed by atoms with van der Waals surface area (Å²) in [5, 5.41) is 14.7. The second-order valence-corrected chi connectivity index (χ2v) is 4.13. The van der Waals surface area contributed by atoms with Gasteiger partial charge in [0, 0.05) is 19.1 Å². The molecule has 0 amide bonds. The van der Waals surface area contributed by atoms with Gasteiger partial charge >= 0.3 is 0 Å². The Kier molecular flexibility index (Phi) is 5.78. The Morgan fingerprint density at radius 2 is 2.06 bits per heavy atom. The molecule has 0 saturated heterocycles. The number of hydrogen-bond acceptors (Lipinski definition) is 4. The first kappa shape index (κ1) is 12.9. The van der Waals surface area contributed by atoms with Crippen molar-refractivity contribution in [3.63, 3.8) is 0 Å². The topological polar surface area (TPSA) is 49.8 Å². The molecular weight excluding hydrogens is 200 g/mol. The first-order valence-corrected chi connectivity index (χ1v) is 6.00. The highest BCUT2D eigenvalue weighted by Crippen LogP contribution is 1.99. The van der Waals surface area contributed by atoms with Gasteiger partial charge in [-0.15, -0.1) is 5.10 Å². The maximum Gasteiger partial charge on any atom is 0.148 e. The second kappa shape index (κ2) is 7.17. The molecule has 16 heavy (non-hydrogen) atoms. The van der Waals surface area contributed by atoms with Gasteiger partial charge in [0.1, 0.15) is 5.82 Å². The van der Waals surface area contributed by atoms with Gasteiger partial charge in [-0.2, -0.15) is 5.10 Å². The van der Waals surface area contributed by atoms with Crippen LogP contribution in [0.1, 0.15) is 32.4 Å². The zero-order valence-electron chi connectivity index (χ0n) is 10.5. The van der Waals surface area contributed by atoms with Crippen LogP contribution < -0.4 is 10.6 Å². The van der Waals surface area contributed by atoms with Crippen molar-refractivity contribution in [2.75, 3.05) is 18.4 Å². The fraction of sp³-hybridized carbons (Fsp3) is 0.667. The van der Waals surface area contributed by atoms with E-state index >= 15 is 0 Å². The maximum atomic E-state index is 4.04. The van der Waals surface area contributed by atoms with Crippen LogP contribution in [0.4, 0.5) is 5.82 Å². The number of nitrogens with zero attached hydrogens (tertiary/aromatic N) is 2. The van der Waals surface area contributed by atoms with Crippen molar-refractivity contribution in [1.29, 1.82) is 0 Å². The molecule has 1 aromatic heterocycles. The predicted octanol–water partition coefficient (Wildman–Crippen LogP) is 1.98. The minimum absolute atomic E-state index is 0.593. The van der Waals surface area contributed by atoms with Gasteiger partial charge in [0.25, 0.3) is 0 Å². The third-order valence-corrected chi connectivity index (χ3v) is 2.44. The minimum atomic E-state index is 0.593. The van der Waals surface area contributed by atoms with Crippen molar-refractivity contribution < 1.29 is 0 Å². The number of rotatable bonds is 7. The SMILES string of the molecule is CCCC(C)NCCNc1ccc(C)nn1. The molecule has 0 aliphatic rings. The average molecular weight is 222 g/mol. The number of aromatic nitrogens is 2. The van der Waals surface area contributed by atoms with Gasteiger partial charge in [0.2, 0.25) is 0 Å². The fourth-order valence-electron chi connectivity index (χ4n) is 1.54. The Hall–Kier alpha value is -1.16. The monoisotopic (exact) mass is 222 g/mol. The first-order valence-electron chi connectivity index (χ1n) is 6.00. The molecule has 0 aromatic carbocycles. The van der Waals surface area contributed by atoms with Crippen molar-refractivity contribution in [3.8, 4) is 0 Å². The number of anilines is 1. The van der Waals surface area contributed by atoms with Crippen LogP contribution in [-0.4, -0.2) is 29.3 Å². The van der Waals surface area contributed by atoms with Gasteiger partial charge in [0.05, 0.1) is 5.69 Å². The van der Waals surface area contributed by atoms with Gasteiger partial charge in [-0.05, 0) is 32.4 Å². The zero-order chi connectivity index (χ0) is 11.8. The summed E-state index contributed by atoms with van der Waals surface area (Å²) in [4.78, 5) is 0. The molecule has 0 saturated carbocycles. The lowest BCUT2D eigenvalue weighted by Crippen LogP contribution is -2.30. The first-order chi connectivity index (χ1) is 7.72. The predicted molar refractivity (Wildman–Crippen MR) is 67.6 cm³/mol. The molecule has 1 unspecified atom stereocenters. The van der Waals surface area contributed by atoms with E-state index in [0.29, 0.717) is 6.04 Å². The quantitative estimate of drug-likeness (QED) is 0.693. The smallest absolute Gasteiger partial charge is 0.148 e. The zero-order valence-corrected chi connectivity index (χ0v) is 10.5. The Bertz CT molecular complexity index is 284. The van der Waals surface area contributed by atoms with E-state index in [0.717, 1.165) is 24.6 Å². The average Bonchev–Trinajstić information content (AvgIpc) is 2.27. The molecule has 4 nitrogen and oxygen atoms in total. The normalized spacial score (nSPS) is 12.4. The van der Waals surface area contributed by atoms with Gasteiger partial charge in [-0.1, -0.05) is 13.3 Å². The van der Waals surface area contributed by atoms with E-state index in [1.54, 1.807) is 0 Å². The molecule has 0 aliphatic heterocycles. The standard InChI is InChI=1S/C12H22N4/c1-4-5-10(2)13-8-9-14-12-7-6-11(3)15-16-12/h6-7,10,13H,4-5,8-9H2,1-3H3,(H,14,16). The molecule has 1 heterocycles. The molecule has 0 fully saturated rings. The Morgan fingerprint density at radius 3 is 2.69 bits per heavy atom. The molecule has 1 rings (SSSR count). The summed E-state index contributed by atoms with van der Waals surface area (Å²) >= 11 is 0. The molecule has 90 valence electrons. The van der Waals surface area contributed by atoms with Crippen molar-refractivity contribution >= 4 is 5.82 Å². The van der Waals surface area contributed by atoms with Crippen molar-refractivity contribution in [2.45, 2.75) is 39.7 Å². The van der Waals surface area contributed by atoms with Crippen LogP contribution >= 0.6 is 0 Å². The van der Waals surface area contributed by atoms with Gasteiger partial charge in [-0.3, -0.25) is 0 Å². The largest absolute Gasteiger partial charge is 0.367 e. The summed E-state index contributed by atoms with van der Waals surface area (Å²) in [6.45, 7) is 8.20. The Morgan fingerprint density at radius 1 is 1.25 bits per heavy atom. The van der Waals surface area contributed by atoms with E-state index in [9.17, 15) is 0 Å². The molecule has 1 aromatic rings. The maximum absolute atomic E-state index is 4.04. The highest BCUT2D eigenvalue weighted by atomic mass is 15.2. The Labute approximate surface area is 97.9 Å². The second-order valence-electron chi connectivity index (χ2n) is 4.13. The summed E-state index contributed by atoms with van der Waals surface area (Å²) in [6, 6.07) is 4.51. The highest BCUT2D eigenvalue weighted by molar-refractivity contribution is 5.32. The number of aryl methyl sites for hydroxylation is 1. The van der Waals surface area contributed by atoms with Crippen LogP contribution in [0.5, 0.6) is 0 Å². The van der Waals surface area contributed by atoms with E-state index in [1.807, 2.05) is 19.1 Å². The fourth-order valence-corrected chi connectivity index (χ4v) is 1.54. The van der Waals surface area contributed by atoms with Gasteiger partial charge in [-0.25, -0.2) is 0 Å². The summed E-state index contributed by atoms with van der Waals surface area (Å²) in [7, 11) is 0. The molecule has 0 bridgehead atoms. The van der Waals surface area contributed by atoms with Crippen molar-refractivity contribution in [1.82, 2.24) is 15.5 Å². The van der Waals surface area contributed by atoms with E-state index in [2.05, 4.69) is 34.7 Å². The molecule has 0 radical (unpaired) electrons. The van der Waals surface area contributed by atoms with Crippen LogP contribution in [0.25, 0.3) is 0 Å². The van der Waals surface area contributed by atoms with E-state index in [4.69, 9.17) is 0 Å². The van der Waals surface area contributed by atoms with Crippen molar-refractivity contribution in [3.05, 3.63) is 17.8 Å². The lowest BCUT2D eigenvalue weighted by molar-refractivity contribution is 0.519. The van der Waals surface area contributed by atoms with Crippen LogP contribution in [0, 0.1) is 6.92 Å². The lowest BCUT2D eigenvalue weighted by atomic mass is 10.2. The highest BCUT2D eigenvalue weighted by Gasteiger charge is 1.98. The van der Waals surface area contributed by atoms with E-state index in [1.165, 1.54) is 12.8 Å². The Balaban J connectivity index is 2.13. The van der Waals surface area contributed by atoms with E-state index < -0.39 is 0 Å². The number of nitrogens with one attached hydrogen (secondary N) is 2. The third-order valence-electron chi connectivity index (χ3n) is 2.44. The molecular formula is C12H22N4. The molecule has 1 atom stereocenters. The van der Waals surface area contributed by atoms with Crippen molar-refractivity contribution in [2.24, 2.45) is 0 Å². The molecule has 0 aliphatic carbocycles.